The van der Waals surface area contributed by atoms with Crippen LogP contribution in [0, 0.1) is 6.92 Å². The number of nitrogens with one attached hydrogen (secondary N) is 3. The van der Waals surface area contributed by atoms with E-state index in [-0.39, 0.29) is 11.8 Å². The van der Waals surface area contributed by atoms with Gasteiger partial charge in [-0.25, -0.2) is 4.98 Å². The summed E-state index contributed by atoms with van der Waals surface area (Å²) in [5.74, 6) is -0.0220. The van der Waals surface area contributed by atoms with E-state index < -0.39 is 6.04 Å². The van der Waals surface area contributed by atoms with Gasteiger partial charge in [0.25, 0.3) is 5.91 Å². The molecule has 160 valence electrons. The van der Waals surface area contributed by atoms with Gasteiger partial charge in [0.15, 0.2) is 11.5 Å². The Bertz CT molecular complexity index is 1420. The highest BCUT2D eigenvalue weighted by molar-refractivity contribution is 7.12. The zero-order chi connectivity index (χ0) is 22.1. The predicted octanol–water partition coefficient (Wildman–Crippen LogP) is 4.66. The van der Waals surface area contributed by atoms with Crippen LogP contribution >= 0.6 is 11.3 Å². The molecule has 5 aromatic rings. The Hall–Kier alpha value is -3.91. The minimum atomic E-state index is -0.765. The van der Waals surface area contributed by atoms with Crippen LogP contribution in [-0.4, -0.2) is 27.8 Å². The summed E-state index contributed by atoms with van der Waals surface area (Å²) in [5.41, 5.74) is 3.84. The number of aryl methyl sites for hydroxylation is 1. The number of aromatic nitrogens is 2. The van der Waals surface area contributed by atoms with E-state index in [4.69, 9.17) is 4.42 Å². The van der Waals surface area contributed by atoms with Crippen molar-refractivity contribution >= 4 is 50.8 Å². The summed E-state index contributed by atoms with van der Waals surface area (Å²) in [4.78, 5) is 34.1. The van der Waals surface area contributed by atoms with Crippen LogP contribution in [0.15, 0.2) is 70.6 Å². The lowest BCUT2D eigenvalue weighted by Gasteiger charge is -2.18. The quantitative estimate of drug-likeness (QED) is 0.355. The van der Waals surface area contributed by atoms with Gasteiger partial charge in [-0.1, -0.05) is 24.3 Å². The highest BCUT2D eigenvalue weighted by Crippen LogP contribution is 2.22. The molecule has 0 saturated carbocycles. The van der Waals surface area contributed by atoms with Gasteiger partial charge in [-0.15, -0.1) is 11.3 Å². The van der Waals surface area contributed by atoms with Crippen LogP contribution in [-0.2, 0) is 11.2 Å². The minimum absolute atomic E-state index is 0.275. The van der Waals surface area contributed by atoms with Crippen LogP contribution < -0.4 is 10.6 Å². The zero-order valence-corrected chi connectivity index (χ0v) is 18.0. The van der Waals surface area contributed by atoms with Crippen molar-refractivity contribution in [3.63, 3.8) is 0 Å². The number of para-hydroxylation sites is 1. The lowest BCUT2D eigenvalue weighted by molar-refractivity contribution is -0.118. The third-order valence-electron chi connectivity index (χ3n) is 5.23. The molecular weight excluding hydrogens is 424 g/mol. The maximum atomic E-state index is 13.2. The van der Waals surface area contributed by atoms with Crippen molar-refractivity contribution in [3.05, 3.63) is 82.5 Å². The number of fused-ring (bicyclic) bond motifs is 2. The summed E-state index contributed by atoms with van der Waals surface area (Å²) in [7, 11) is 0. The van der Waals surface area contributed by atoms with Crippen molar-refractivity contribution in [2.24, 2.45) is 0 Å². The predicted molar refractivity (Wildman–Crippen MR) is 125 cm³/mol. The van der Waals surface area contributed by atoms with Crippen molar-refractivity contribution in [3.8, 4) is 0 Å². The van der Waals surface area contributed by atoms with E-state index in [1.807, 2.05) is 41.9 Å². The second kappa shape index (κ2) is 8.32. The van der Waals surface area contributed by atoms with Crippen molar-refractivity contribution in [1.29, 1.82) is 0 Å². The first kappa shape index (κ1) is 20.0. The molecule has 0 fully saturated rings. The number of carbonyl (C=O) groups is 2. The van der Waals surface area contributed by atoms with Crippen LogP contribution in [0.3, 0.4) is 0 Å². The molecule has 3 aromatic heterocycles. The van der Waals surface area contributed by atoms with Gasteiger partial charge in [0.2, 0.25) is 5.91 Å². The molecule has 0 spiro atoms. The lowest BCUT2D eigenvalue weighted by Crippen LogP contribution is -2.45. The summed E-state index contributed by atoms with van der Waals surface area (Å²) in [6.07, 6.45) is 2.23. The Morgan fingerprint density at radius 3 is 2.88 bits per heavy atom. The molecule has 0 aliphatic carbocycles. The Balaban J connectivity index is 1.41. The monoisotopic (exact) mass is 444 g/mol. The number of oxazole rings is 1. The molecule has 0 bridgehead atoms. The van der Waals surface area contributed by atoms with Gasteiger partial charge in [-0.05, 0) is 41.3 Å². The van der Waals surface area contributed by atoms with Crippen LogP contribution in [0.1, 0.15) is 21.1 Å². The van der Waals surface area contributed by atoms with Gasteiger partial charge in [-0.3, -0.25) is 9.59 Å². The average Bonchev–Trinajstić information content (AvgIpc) is 3.52. The molecule has 0 radical (unpaired) electrons. The van der Waals surface area contributed by atoms with Crippen LogP contribution in [0.5, 0.6) is 0 Å². The molecule has 2 aromatic carbocycles. The van der Waals surface area contributed by atoms with Gasteiger partial charge in [0, 0.05) is 36.1 Å². The number of carbonyl (C=O) groups excluding carboxylic acids is 2. The molecule has 5 rings (SSSR count). The standard InChI is InChI=1S/C24H20N4O3S/c1-14-26-19-12-16(8-9-21(19)31-14)27-23(29)20(28-24(30)22-7-4-10-32-22)11-15-13-25-18-6-3-2-5-17(15)18/h2-10,12-13,20,25H,11H2,1H3,(H,27,29)(H,28,30)/t20-/m1/s1. The van der Waals surface area contributed by atoms with Gasteiger partial charge < -0.3 is 20.0 Å². The highest BCUT2D eigenvalue weighted by Gasteiger charge is 2.24. The largest absolute Gasteiger partial charge is 0.441 e. The third kappa shape index (κ3) is 4.00. The summed E-state index contributed by atoms with van der Waals surface area (Å²) < 4.78 is 5.50. The Labute approximate surface area is 187 Å². The molecular formula is C24H20N4O3S. The van der Waals surface area contributed by atoms with Crippen molar-refractivity contribution in [2.75, 3.05) is 5.32 Å². The van der Waals surface area contributed by atoms with E-state index >= 15 is 0 Å². The molecule has 3 heterocycles. The first-order valence-corrected chi connectivity index (χ1v) is 11.0. The minimum Gasteiger partial charge on any atom is -0.441 e. The normalized spacial score (nSPS) is 12.2. The number of aromatic amines is 1. The van der Waals surface area contributed by atoms with Crippen LogP contribution in [0.4, 0.5) is 5.69 Å². The molecule has 1 atom stereocenters. The van der Waals surface area contributed by atoms with Crippen LogP contribution in [0.25, 0.3) is 22.0 Å². The van der Waals surface area contributed by atoms with E-state index in [0.717, 1.165) is 16.5 Å². The number of hydrogen-bond acceptors (Lipinski definition) is 5. The molecule has 2 amide bonds. The number of amides is 2. The summed E-state index contributed by atoms with van der Waals surface area (Å²) in [5, 5.41) is 8.66. The molecule has 0 saturated heterocycles. The van der Waals surface area contributed by atoms with Gasteiger partial charge in [-0.2, -0.15) is 0 Å². The molecule has 32 heavy (non-hydrogen) atoms. The Kier molecular flexibility index (Phi) is 5.20. The van der Waals surface area contributed by atoms with Crippen molar-refractivity contribution < 1.29 is 14.0 Å². The lowest BCUT2D eigenvalue weighted by atomic mass is 10.0. The fraction of sp³-hybridized carbons (Fsp3) is 0.125. The fourth-order valence-corrected chi connectivity index (χ4v) is 4.34. The topological polar surface area (TPSA) is 100 Å². The molecule has 7 nitrogen and oxygen atoms in total. The van der Waals surface area contributed by atoms with E-state index in [1.54, 1.807) is 31.2 Å². The number of anilines is 1. The maximum absolute atomic E-state index is 13.2. The third-order valence-corrected chi connectivity index (χ3v) is 6.10. The number of nitrogens with zero attached hydrogens (tertiary/aromatic N) is 1. The summed E-state index contributed by atoms with van der Waals surface area (Å²) >= 11 is 1.33. The van der Waals surface area contributed by atoms with E-state index in [0.29, 0.717) is 34.0 Å². The molecule has 3 N–H and O–H groups in total. The summed E-state index contributed by atoms with van der Waals surface area (Å²) in [6.45, 7) is 1.77. The average molecular weight is 445 g/mol. The van der Waals surface area contributed by atoms with E-state index in [2.05, 4.69) is 20.6 Å². The van der Waals surface area contributed by atoms with Gasteiger partial charge in [0.05, 0.1) is 4.88 Å². The van der Waals surface area contributed by atoms with Crippen molar-refractivity contribution in [1.82, 2.24) is 15.3 Å². The molecule has 0 unspecified atom stereocenters. The van der Waals surface area contributed by atoms with Crippen molar-refractivity contribution in [2.45, 2.75) is 19.4 Å². The number of benzene rings is 2. The molecule has 8 heteroatoms. The zero-order valence-electron chi connectivity index (χ0n) is 17.2. The number of hydrogen-bond donors (Lipinski definition) is 3. The number of rotatable bonds is 6. The number of H-pyrrole nitrogens is 1. The Morgan fingerprint density at radius 2 is 2.03 bits per heavy atom. The van der Waals surface area contributed by atoms with Gasteiger partial charge >= 0.3 is 0 Å². The van der Waals surface area contributed by atoms with Gasteiger partial charge in [0.1, 0.15) is 11.6 Å². The Morgan fingerprint density at radius 1 is 1.16 bits per heavy atom. The fourth-order valence-electron chi connectivity index (χ4n) is 3.72. The smallest absolute Gasteiger partial charge is 0.262 e. The van der Waals surface area contributed by atoms with E-state index in [1.165, 1.54) is 11.3 Å². The summed E-state index contributed by atoms with van der Waals surface area (Å²) in [6, 6.07) is 15.9. The molecule has 0 aliphatic heterocycles. The molecule has 0 aliphatic rings. The second-order valence-corrected chi connectivity index (χ2v) is 8.42. The number of thiophene rings is 1. The highest BCUT2D eigenvalue weighted by atomic mass is 32.1. The SMILES string of the molecule is Cc1nc2cc(NC(=O)[C@@H](Cc3c[nH]c4ccccc34)NC(=O)c3cccs3)ccc2o1. The second-order valence-electron chi connectivity index (χ2n) is 7.47. The first-order chi connectivity index (χ1) is 15.6. The first-order valence-electron chi connectivity index (χ1n) is 10.1. The maximum Gasteiger partial charge on any atom is 0.262 e. The van der Waals surface area contributed by atoms with Crippen LogP contribution in [0.2, 0.25) is 0 Å². The van der Waals surface area contributed by atoms with E-state index in [9.17, 15) is 9.59 Å².